The minimum absolute atomic E-state index is 0.288. The summed E-state index contributed by atoms with van der Waals surface area (Å²) in [6.45, 7) is 6.81. The van der Waals surface area contributed by atoms with Crippen LogP contribution in [0, 0.1) is 5.92 Å². The van der Waals surface area contributed by atoms with Gasteiger partial charge in [0.15, 0.2) is 0 Å². The zero-order valence-corrected chi connectivity index (χ0v) is 11.6. The van der Waals surface area contributed by atoms with Gasteiger partial charge in [-0.15, -0.1) is 11.3 Å². The molecule has 0 aromatic carbocycles. The van der Waals surface area contributed by atoms with Gasteiger partial charge in [0.1, 0.15) is 0 Å². The number of aliphatic hydroxyl groups is 1. The van der Waals surface area contributed by atoms with Crippen molar-refractivity contribution in [2.45, 2.75) is 39.3 Å². The van der Waals surface area contributed by atoms with Crippen LogP contribution in [0.4, 0.5) is 0 Å². The average molecular weight is 262 g/mol. The molecule has 2 atom stereocenters. The second kappa shape index (κ2) is 6.60. The lowest BCUT2D eigenvalue weighted by Crippen LogP contribution is -2.32. The Kier molecular flexibility index (Phi) is 5.76. The number of nitrogens with one attached hydrogen (secondary N) is 1. The van der Waals surface area contributed by atoms with Gasteiger partial charge in [0, 0.05) is 17.5 Å². The second-order valence-electron chi connectivity index (χ2n) is 4.32. The van der Waals surface area contributed by atoms with E-state index in [1.165, 1.54) is 4.88 Å². The predicted octanol–water partition coefficient (Wildman–Crippen LogP) is 3.46. The number of thiophene rings is 1. The highest BCUT2D eigenvalue weighted by Gasteiger charge is 2.14. The molecule has 0 aliphatic rings. The van der Waals surface area contributed by atoms with Crippen LogP contribution in [0.2, 0.25) is 4.34 Å². The number of hydrogen-bond donors (Lipinski definition) is 2. The molecule has 92 valence electrons. The fourth-order valence-electron chi connectivity index (χ4n) is 1.46. The maximum atomic E-state index is 9.74. The van der Waals surface area contributed by atoms with Gasteiger partial charge in [0.2, 0.25) is 0 Å². The summed E-state index contributed by atoms with van der Waals surface area (Å²) in [4.78, 5) is 1.24. The van der Waals surface area contributed by atoms with Crippen LogP contribution < -0.4 is 5.32 Å². The summed E-state index contributed by atoms with van der Waals surface area (Å²) in [5.41, 5.74) is 0. The topological polar surface area (TPSA) is 32.3 Å². The van der Waals surface area contributed by atoms with Gasteiger partial charge in [-0.05, 0) is 24.5 Å². The maximum Gasteiger partial charge on any atom is 0.0931 e. The van der Waals surface area contributed by atoms with Crippen molar-refractivity contribution >= 4 is 22.9 Å². The molecule has 1 rings (SSSR count). The molecule has 1 heterocycles. The second-order valence-corrected chi connectivity index (χ2v) is 6.07. The molecule has 0 bridgehead atoms. The van der Waals surface area contributed by atoms with E-state index in [2.05, 4.69) is 18.3 Å². The minimum atomic E-state index is -0.288. The van der Waals surface area contributed by atoms with Crippen LogP contribution in [0.15, 0.2) is 12.1 Å². The van der Waals surface area contributed by atoms with Gasteiger partial charge in [0.05, 0.1) is 10.4 Å². The zero-order valence-electron chi connectivity index (χ0n) is 10.0. The lowest BCUT2D eigenvalue weighted by atomic mass is 10.1. The van der Waals surface area contributed by atoms with Crippen molar-refractivity contribution in [3.8, 4) is 0 Å². The predicted molar refractivity (Wildman–Crippen MR) is 71.2 cm³/mol. The molecule has 0 saturated carbocycles. The Labute approximate surface area is 107 Å². The van der Waals surface area contributed by atoms with E-state index in [9.17, 15) is 5.11 Å². The standard InChI is InChI=1S/C12H20ClNOS/c1-4-9(11-5-6-12(13)16-11)14-7-10(15)8(2)3/h5-6,8-10,14-15H,4,7H2,1-3H3. The number of hydrogen-bond acceptors (Lipinski definition) is 3. The van der Waals surface area contributed by atoms with Crippen molar-refractivity contribution in [2.75, 3.05) is 6.54 Å². The molecule has 1 aromatic rings. The van der Waals surface area contributed by atoms with Crippen LogP contribution in [0.3, 0.4) is 0 Å². The van der Waals surface area contributed by atoms with E-state index < -0.39 is 0 Å². The molecule has 0 aliphatic carbocycles. The Balaban J connectivity index is 2.50. The van der Waals surface area contributed by atoms with Crippen molar-refractivity contribution in [1.29, 1.82) is 0 Å². The highest BCUT2D eigenvalue weighted by atomic mass is 35.5. The molecule has 0 amide bonds. The Morgan fingerprint density at radius 3 is 2.56 bits per heavy atom. The molecule has 2 unspecified atom stereocenters. The van der Waals surface area contributed by atoms with Gasteiger partial charge >= 0.3 is 0 Å². The van der Waals surface area contributed by atoms with Crippen molar-refractivity contribution in [2.24, 2.45) is 5.92 Å². The van der Waals surface area contributed by atoms with Crippen LogP contribution in [0.5, 0.6) is 0 Å². The van der Waals surface area contributed by atoms with E-state index >= 15 is 0 Å². The number of halogens is 1. The van der Waals surface area contributed by atoms with Crippen molar-refractivity contribution in [3.63, 3.8) is 0 Å². The molecule has 1 aromatic heterocycles. The van der Waals surface area contributed by atoms with E-state index in [1.807, 2.05) is 19.9 Å². The normalized spacial score (nSPS) is 15.4. The third kappa shape index (κ3) is 4.06. The summed E-state index contributed by atoms with van der Waals surface area (Å²) < 4.78 is 0.819. The third-order valence-electron chi connectivity index (χ3n) is 2.69. The van der Waals surface area contributed by atoms with Crippen LogP contribution >= 0.6 is 22.9 Å². The molecule has 4 heteroatoms. The molecule has 2 nitrogen and oxygen atoms in total. The Morgan fingerprint density at radius 1 is 1.44 bits per heavy atom. The summed E-state index contributed by atoms with van der Waals surface area (Å²) in [5.74, 6) is 0.289. The molecule has 2 N–H and O–H groups in total. The van der Waals surface area contributed by atoms with Crippen molar-refractivity contribution < 1.29 is 5.11 Å². The van der Waals surface area contributed by atoms with E-state index in [4.69, 9.17) is 11.6 Å². The van der Waals surface area contributed by atoms with Gasteiger partial charge in [-0.25, -0.2) is 0 Å². The fourth-order valence-corrected chi connectivity index (χ4v) is 2.68. The highest BCUT2D eigenvalue weighted by molar-refractivity contribution is 7.16. The summed E-state index contributed by atoms with van der Waals surface area (Å²) in [6.07, 6.45) is 0.714. The van der Waals surface area contributed by atoms with Crippen LogP contribution in [-0.4, -0.2) is 17.8 Å². The molecule has 16 heavy (non-hydrogen) atoms. The maximum absolute atomic E-state index is 9.74. The summed E-state index contributed by atoms with van der Waals surface area (Å²) in [5, 5.41) is 13.1. The minimum Gasteiger partial charge on any atom is -0.392 e. The molecule has 0 spiro atoms. The Bertz CT molecular complexity index is 314. The first-order valence-corrected chi connectivity index (χ1v) is 6.90. The first-order valence-electron chi connectivity index (χ1n) is 5.71. The lowest BCUT2D eigenvalue weighted by Gasteiger charge is -2.20. The Hall–Kier alpha value is -0.0900. The summed E-state index contributed by atoms with van der Waals surface area (Å²) >= 11 is 7.52. The Morgan fingerprint density at radius 2 is 2.12 bits per heavy atom. The number of aliphatic hydroxyl groups excluding tert-OH is 1. The van der Waals surface area contributed by atoms with E-state index in [1.54, 1.807) is 11.3 Å². The summed E-state index contributed by atoms with van der Waals surface area (Å²) in [6, 6.07) is 4.27. The molecular weight excluding hydrogens is 242 g/mol. The van der Waals surface area contributed by atoms with E-state index in [0.29, 0.717) is 12.6 Å². The SMILES string of the molecule is CCC(NCC(O)C(C)C)c1ccc(Cl)s1. The zero-order chi connectivity index (χ0) is 12.1. The third-order valence-corrected chi connectivity index (χ3v) is 4.03. The lowest BCUT2D eigenvalue weighted by molar-refractivity contribution is 0.120. The van der Waals surface area contributed by atoms with Gasteiger partial charge in [-0.3, -0.25) is 0 Å². The van der Waals surface area contributed by atoms with Crippen molar-refractivity contribution in [1.82, 2.24) is 5.32 Å². The van der Waals surface area contributed by atoms with Crippen molar-refractivity contribution in [3.05, 3.63) is 21.3 Å². The van der Waals surface area contributed by atoms with Gasteiger partial charge in [-0.2, -0.15) is 0 Å². The van der Waals surface area contributed by atoms with Crippen LogP contribution in [0.1, 0.15) is 38.1 Å². The number of rotatable bonds is 6. The molecule has 0 saturated heterocycles. The molecular formula is C12H20ClNOS. The van der Waals surface area contributed by atoms with Crippen LogP contribution in [0.25, 0.3) is 0 Å². The largest absolute Gasteiger partial charge is 0.392 e. The average Bonchev–Trinajstić information content (AvgIpc) is 2.65. The monoisotopic (exact) mass is 261 g/mol. The van der Waals surface area contributed by atoms with Crippen LogP contribution in [-0.2, 0) is 0 Å². The smallest absolute Gasteiger partial charge is 0.0931 e. The molecule has 0 aliphatic heterocycles. The van der Waals surface area contributed by atoms with E-state index in [-0.39, 0.29) is 12.0 Å². The van der Waals surface area contributed by atoms with Gasteiger partial charge < -0.3 is 10.4 Å². The van der Waals surface area contributed by atoms with E-state index in [0.717, 1.165) is 10.8 Å². The first-order chi connectivity index (χ1) is 7.54. The van der Waals surface area contributed by atoms with Gasteiger partial charge in [0.25, 0.3) is 0 Å². The quantitative estimate of drug-likeness (QED) is 0.822. The highest BCUT2D eigenvalue weighted by Crippen LogP contribution is 2.28. The summed E-state index contributed by atoms with van der Waals surface area (Å²) in [7, 11) is 0. The fraction of sp³-hybridized carbons (Fsp3) is 0.667. The molecule has 0 radical (unpaired) electrons. The first kappa shape index (κ1) is 14.0. The van der Waals surface area contributed by atoms with Gasteiger partial charge in [-0.1, -0.05) is 32.4 Å². The molecule has 0 fully saturated rings.